The Kier molecular flexibility index (Phi) is 6.18. The van der Waals surface area contributed by atoms with Crippen molar-refractivity contribution < 1.29 is 14.3 Å². The minimum atomic E-state index is -0.144. The highest BCUT2D eigenvalue weighted by atomic mass is 32.1. The fourth-order valence-electron chi connectivity index (χ4n) is 2.72. The molecular weight excluding hydrogens is 314 g/mol. The normalized spacial score (nSPS) is 17.9. The molecule has 7 heteroatoms. The summed E-state index contributed by atoms with van der Waals surface area (Å²) in [5.74, 6) is 1.33. The van der Waals surface area contributed by atoms with Crippen molar-refractivity contribution in [2.75, 3.05) is 27.3 Å². The van der Waals surface area contributed by atoms with Crippen molar-refractivity contribution in [3.8, 4) is 11.5 Å². The third-order valence-electron chi connectivity index (χ3n) is 3.91. The second-order valence-electron chi connectivity index (χ2n) is 5.37. The molecule has 0 radical (unpaired) electrons. The molecule has 1 saturated heterocycles. The fraction of sp³-hybridized carbons (Fsp3) is 0.500. The van der Waals surface area contributed by atoms with E-state index in [9.17, 15) is 4.79 Å². The second-order valence-corrected chi connectivity index (χ2v) is 5.76. The lowest BCUT2D eigenvalue weighted by Gasteiger charge is -2.38. The molecule has 1 aliphatic heterocycles. The lowest BCUT2D eigenvalue weighted by atomic mass is 9.98. The van der Waals surface area contributed by atoms with E-state index < -0.39 is 0 Å². The zero-order valence-corrected chi connectivity index (χ0v) is 14.3. The SMILES string of the molecule is COc1ccc(C2CC(=O)NC(=S)N2CCCCN)c(OC)c1. The summed E-state index contributed by atoms with van der Waals surface area (Å²) in [5.41, 5.74) is 6.50. The van der Waals surface area contributed by atoms with Crippen LogP contribution in [0.1, 0.15) is 30.9 Å². The molecule has 1 aromatic carbocycles. The molecule has 2 rings (SSSR count). The number of amides is 1. The van der Waals surface area contributed by atoms with E-state index >= 15 is 0 Å². The Labute approximate surface area is 141 Å². The van der Waals surface area contributed by atoms with Gasteiger partial charge in [-0.25, -0.2) is 0 Å². The van der Waals surface area contributed by atoms with Gasteiger partial charge in [0, 0.05) is 18.2 Å². The van der Waals surface area contributed by atoms with Crippen LogP contribution >= 0.6 is 12.2 Å². The zero-order chi connectivity index (χ0) is 16.8. The molecule has 126 valence electrons. The monoisotopic (exact) mass is 337 g/mol. The first kappa shape index (κ1) is 17.5. The van der Waals surface area contributed by atoms with Crippen LogP contribution in [-0.4, -0.2) is 43.2 Å². The molecule has 0 spiro atoms. The average molecular weight is 337 g/mol. The molecule has 3 N–H and O–H groups in total. The van der Waals surface area contributed by atoms with E-state index in [1.807, 2.05) is 23.1 Å². The number of carbonyl (C=O) groups excluding carboxylic acids is 1. The van der Waals surface area contributed by atoms with Gasteiger partial charge in [-0.05, 0) is 43.7 Å². The molecule has 1 unspecified atom stereocenters. The van der Waals surface area contributed by atoms with Crippen molar-refractivity contribution in [3.05, 3.63) is 23.8 Å². The van der Waals surface area contributed by atoms with Crippen molar-refractivity contribution in [3.63, 3.8) is 0 Å². The summed E-state index contributed by atoms with van der Waals surface area (Å²) >= 11 is 5.36. The first-order chi connectivity index (χ1) is 11.1. The lowest BCUT2D eigenvalue weighted by molar-refractivity contribution is -0.122. The molecular formula is C16H23N3O3S. The van der Waals surface area contributed by atoms with Crippen LogP contribution in [0.3, 0.4) is 0 Å². The number of thiocarbonyl (C=S) groups is 1. The minimum absolute atomic E-state index is 0.0760. The van der Waals surface area contributed by atoms with Gasteiger partial charge in [0.1, 0.15) is 11.5 Å². The van der Waals surface area contributed by atoms with Gasteiger partial charge in [0.2, 0.25) is 5.91 Å². The topological polar surface area (TPSA) is 76.8 Å². The van der Waals surface area contributed by atoms with Crippen LogP contribution in [0.5, 0.6) is 11.5 Å². The van der Waals surface area contributed by atoms with Crippen LogP contribution in [0.2, 0.25) is 0 Å². The van der Waals surface area contributed by atoms with Gasteiger partial charge >= 0.3 is 0 Å². The quantitative estimate of drug-likeness (QED) is 0.581. The van der Waals surface area contributed by atoms with E-state index in [1.165, 1.54) is 0 Å². The Morgan fingerprint density at radius 1 is 1.35 bits per heavy atom. The standard InChI is InChI=1S/C16H23N3O3S/c1-21-11-5-6-12(14(9-11)22-2)13-10-15(20)18-16(23)19(13)8-4-3-7-17/h5-6,9,13H,3-4,7-8,10,17H2,1-2H3,(H,18,20,23). The van der Waals surface area contributed by atoms with Crippen LogP contribution < -0.4 is 20.5 Å². The summed E-state index contributed by atoms with van der Waals surface area (Å²) in [7, 11) is 3.22. The van der Waals surface area contributed by atoms with Gasteiger partial charge in [0.05, 0.1) is 26.7 Å². The van der Waals surface area contributed by atoms with Gasteiger partial charge in [-0.15, -0.1) is 0 Å². The van der Waals surface area contributed by atoms with Crippen LogP contribution in [0.15, 0.2) is 18.2 Å². The van der Waals surface area contributed by atoms with Gasteiger partial charge in [-0.3, -0.25) is 4.79 Å². The number of nitrogens with one attached hydrogen (secondary N) is 1. The number of nitrogens with two attached hydrogens (primary N) is 1. The predicted molar refractivity (Wildman–Crippen MR) is 92.6 cm³/mol. The molecule has 1 fully saturated rings. The summed E-state index contributed by atoms with van der Waals surface area (Å²) < 4.78 is 10.7. The van der Waals surface area contributed by atoms with Gasteiger partial charge < -0.3 is 25.4 Å². The molecule has 1 aliphatic rings. The van der Waals surface area contributed by atoms with Crippen LogP contribution in [0.25, 0.3) is 0 Å². The third-order valence-corrected chi connectivity index (χ3v) is 4.25. The maximum Gasteiger partial charge on any atom is 0.228 e. The van der Waals surface area contributed by atoms with Crippen LogP contribution in [0, 0.1) is 0 Å². The van der Waals surface area contributed by atoms with E-state index in [0.717, 1.165) is 24.9 Å². The third kappa shape index (κ3) is 4.11. The number of nitrogens with zero attached hydrogens (tertiary/aromatic N) is 1. The molecule has 0 aromatic heterocycles. The molecule has 6 nitrogen and oxygen atoms in total. The van der Waals surface area contributed by atoms with Crippen molar-refractivity contribution >= 4 is 23.2 Å². The van der Waals surface area contributed by atoms with Gasteiger partial charge in [-0.1, -0.05) is 0 Å². The molecule has 1 atom stereocenters. The maximum absolute atomic E-state index is 11.9. The number of ether oxygens (including phenoxy) is 2. The summed E-state index contributed by atoms with van der Waals surface area (Å²) in [5, 5.41) is 3.20. The maximum atomic E-state index is 11.9. The predicted octanol–water partition coefficient (Wildman–Crippen LogP) is 1.59. The van der Waals surface area contributed by atoms with Crippen LogP contribution in [0.4, 0.5) is 0 Å². The number of methoxy groups -OCH3 is 2. The summed E-state index contributed by atoms with van der Waals surface area (Å²) in [6.07, 6.45) is 2.17. The average Bonchev–Trinajstić information content (AvgIpc) is 2.55. The molecule has 0 bridgehead atoms. The molecule has 1 heterocycles. The Balaban J connectivity index is 2.31. The Hall–Kier alpha value is -1.86. The Morgan fingerprint density at radius 2 is 2.13 bits per heavy atom. The van der Waals surface area contributed by atoms with Crippen molar-refractivity contribution in [2.24, 2.45) is 5.73 Å². The number of rotatable bonds is 7. The molecule has 0 aliphatic carbocycles. The van der Waals surface area contributed by atoms with Crippen LogP contribution in [-0.2, 0) is 4.79 Å². The smallest absolute Gasteiger partial charge is 0.228 e. The van der Waals surface area contributed by atoms with E-state index in [4.69, 9.17) is 27.4 Å². The summed E-state index contributed by atoms with van der Waals surface area (Å²) in [6, 6.07) is 5.48. The molecule has 1 amide bonds. The number of benzene rings is 1. The highest BCUT2D eigenvalue weighted by molar-refractivity contribution is 7.80. The van der Waals surface area contributed by atoms with Crippen molar-refractivity contribution in [1.82, 2.24) is 10.2 Å². The van der Waals surface area contributed by atoms with E-state index in [2.05, 4.69) is 5.32 Å². The number of hydrogen-bond acceptors (Lipinski definition) is 5. The van der Waals surface area contributed by atoms with E-state index in [-0.39, 0.29) is 11.9 Å². The molecule has 23 heavy (non-hydrogen) atoms. The van der Waals surface area contributed by atoms with Crippen molar-refractivity contribution in [1.29, 1.82) is 0 Å². The van der Waals surface area contributed by atoms with E-state index in [0.29, 0.717) is 29.6 Å². The largest absolute Gasteiger partial charge is 0.497 e. The van der Waals surface area contributed by atoms with Gasteiger partial charge in [0.15, 0.2) is 5.11 Å². The summed E-state index contributed by atoms with van der Waals surface area (Å²) in [4.78, 5) is 14.0. The number of hydrogen-bond donors (Lipinski definition) is 2. The fourth-order valence-corrected chi connectivity index (χ4v) is 3.06. The second kappa shape index (κ2) is 8.12. The minimum Gasteiger partial charge on any atom is -0.497 e. The Morgan fingerprint density at radius 3 is 2.78 bits per heavy atom. The lowest BCUT2D eigenvalue weighted by Crippen LogP contribution is -2.51. The molecule has 1 aromatic rings. The van der Waals surface area contributed by atoms with Gasteiger partial charge in [0.25, 0.3) is 0 Å². The highest BCUT2D eigenvalue weighted by Gasteiger charge is 2.32. The summed E-state index contributed by atoms with van der Waals surface area (Å²) in [6.45, 7) is 1.39. The first-order valence-electron chi connectivity index (χ1n) is 7.63. The Bertz CT molecular complexity index is 580. The highest BCUT2D eigenvalue weighted by Crippen LogP contribution is 2.36. The zero-order valence-electron chi connectivity index (χ0n) is 13.5. The molecule has 0 saturated carbocycles. The van der Waals surface area contributed by atoms with E-state index in [1.54, 1.807) is 14.2 Å². The first-order valence-corrected chi connectivity index (χ1v) is 8.04. The number of carbonyl (C=O) groups is 1. The number of unbranched alkanes of at least 4 members (excludes halogenated alkanes) is 1. The van der Waals surface area contributed by atoms with Crippen molar-refractivity contribution in [2.45, 2.75) is 25.3 Å². The van der Waals surface area contributed by atoms with Gasteiger partial charge in [-0.2, -0.15) is 0 Å².